The number of rotatable bonds is 2. The van der Waals surface area contributed by atoms with E-state index >= 15 is 0 Å². The molecule has 1 nitrogen and oxygen atoms in total. The van der Waals surface area contributed by atoms with Gasteiger partial charge in [-0.3, -0.25) is 4.90 Å². The highest BCUT2D eigenvalue weighted by Crippen LogP contribution is 2.42. The van der Waals surface area contributed by atoms with Crippen LogP contribution in [0.4, 0.5) is 0 Å². The standard InChI is InChI=1S/C11H21N/c1-9-7-12(10(9)2)8-11(3)5-4-6-11/h9-10H,4-8H2,1-3H3. The van der Waals surface area contributed by atoms with Crippen molar-refractivity contribution in [2.75, 3.05) is 13.1 Å². The summed E-state index contributed by atoms with van der Waals surface area (Å²) < 4.78 is 0. The number of hydrogen-bond donors (Lipinski definition) is 0. The third-order valence-electron chi connectivity index (χ3n) is 4.07. The van der Waals surface area contributed by atoms with Crippen LogP contribution >= 0.6 is 0 Å². The van der Waals surface area contributed by atoms with Crippen molar-refractivity contribution in [3.05, 3.63) is 0 Å². The van der Waals surface area contributed by atoms with Crippen molar-refractivity contribution in [2.45, 2.75) is 46.1 Å². The van der Waals surface area contributed by atoms with Gasteiger partial charge in [0.1, 0.15) is 0 Å². The molecule has 2 fully saturated rings. The summed E-state index contributed by atoms with van der Waals surface area (Å²) in [7, 11) is 0. The molecular weight excluding hydrogens is 146 g/mol. The summed E-state index contributed by atoms with van der Waals surface area (Å²) in [6.07, 6.45) is 4.39. The molecule has 0 spiro atoms. The molecule has 0 bridgehead atoms. The fourth-order valence-corrected chi connectivity index (χ4v) is 2.55. The highest BCUT2D eigenvalue weighted by Gasteiger charge is 2.39. The quantitative estimate of drug-likeness (QED) is 0.611. The van der Waals surface area contributed by atoms with E-state index in [-0.39, 0.29) is 0 Å². The van der Waals surface area contributed by atoms with E-state index in [1.165, 1.54) is 32.4 Å². The fourth-order valence-electron chi connectivity index (χ4n) is 2.55. The molecule has 2 aliphatic rings. The monoisotopic (exact) mass is 167 g/mol. The molecule has 0 aromatic heterocycles. The summed E-state index contributed by atoms with van der Waals surface area (Å²) in [4.78, 5) is 2.66. The van der Waals surface area contributed by atoms with Crippen LogP contribution in [0.25, 0.3) is 0 Å². The van der Waals surface area contributed by atoms with Crippen molar-refractivity contribution in [1.29, 1.82) is 0 Å². The van der Waals surface area contributed by atoms with Crippen molar-refractivity contribution >= 4 is 0 Å². The second kappa shape index (κ2) is 2.73. The van der Waals surface area contributed by atoms with Crippen LogP contribution < -0.4 is 0 Å². The maximum Gasteiger partial charge on any atom is 0.0105 e. The summed E-state index contributed by atoms with van der Waals surface area (Å²) in [6, 6.07) is 0.849. The highest BCUT2D eigenvalue weighted by atomic mass is 15.2. The first-order chi connectivity index (χ1) is 5.61. The molecule has 0 amide bonds. The third-order valence-corrected chi connectivity index (χ3v) is 4.07. The van der Waals surface area contributed by atoms with Gasteiger partial charge >= 0.3 is 0 Å². The Balaban J connectivity index is 1.80. The van der Waals surface area contributed by atoms with Crippen LogP contribution in [0.1, 0.15) is 40.0 Å². The topological polar surface area (TPSA) is 3.24 Å². The van der Waals surface area contributed by atoms with E-state index in [1.54, 1.807) is 0 Å². The van der Waals surface area contributed by atoms with Gasteiger partial charge in [-0.15, -0.1) is 0 Å². The summed E-state index contributed by atoms with van der Waals surface area (Å²) in [6.45, 7) is 9.89. The Morgan fingerprint density at radius 1 is 1.33 bits per heavy atom. The zero-order valence-corrected chi connectivity index (χ0v) is 8.64. The molecule has 1 aliphatic carbocycles. The van der Waals surface area contributed by atoms with E-state index < -0.39 is 0 Å². The summed E-state index contributed by atoms with van der Waals surface area (Å²) in [5.74, 6) is 0.939. The molecule has 1 saturated heterocycles. The number of hydrogen-bond acceptors (Lipinski definition) is 1. The molecule has 12 heavy (non-hydrogen) atoms. The maximum atomic E-state index is 2.66. The van der Waals surface area contributed by atoms with Crippen molar-refractivity contribution < 1.29 is 0 Å². The Morgan fingerprint density at radius 3 is 2.33 bits per heavy atom. The van der Waals surface area contributed by atoms with Crippen LogP contribution in [0, 0.1) is 11.3 Å². The van der Waals surface area contributed by atoms with Gasteiger partial charge < -0.3 is 0 Å². The average molecular weight is 167 g/mol. The van der Waals surface area contributed by atoms with Crippen LogP contribution in [0.2, 0.25) is 0 Å². The molecule has 1 heteroatoms. The molecule has 2 atom stereocenters. The van der Waals surface area contributed by atoms with Gasteiger partial charge in [0.25, 0.3) is 0 Å². The Labute approximate surface area is 76.1 Å². The largest absolute Gasteiger partial charge is 0.299 e. The van der Waals surface area contributed by atoms with E-state index in [1.807, 2.05) is 0 Å². The zero-order chi connectivity index (χ0) is 8.77. The molecule has 0 radical (unpaired) electrons. The first-order valence-corrected chi connectivity index (χ1v) is 5.35. The van der Waals surface area contributed by atoms with Gasteiger partial charge in [-0.2, -0.15) is 0 Å². The Hall–Kier alpha value is -0.0400. The van der Waals surface area contributed by atoms with E-state index in [0.29, 0.717) is 5.41 Å². The van der Waals surface area contributed by atoms with Crippen molar-refractivity contribution in [2.24, 2.45) is 11.3 Å². The minimum Gasteiger partial charge on any atom is -0.299 e. The van der Waals surface area contributed by atoms with E-state index in [4.69, 9.17) is 0 Å². The average Bonchev–Trinajstić information content (AvgIpc) is 2.00. The molecule has 0 aromatic rings. The van der Waals surface area contributed by atoms with Crippen LogP contribution in [-0.2, 0) is 0 Å². The summed E-state index contributed by atoms with van der Waals surface area (Å²) in [5.41, 5.74) is 0.689. The van der Waals surface area contributed by atoms with Crippen LogP contribution in [0.15, 0.2) is 0 Å². The summed E-state index contributed by atoms with van der Waals surface area (Å²) in [5, 5.41) is 0. The van der Waals surface area contributed by atoms with Crippen molar-refractivity contribution in [3.63, 3.8) is 0 Å². The SMILES string of the molecule is CC1CN(CC2(C)CCC2)C1C. The van der Waals surface area contributed by atoms with Crippen LogP contribution in [-0.4, -0.2) is 24.0 Å². The lowest BCUT2D eigenvalue weighted by atomic mass is 9.69. The van der Waals surface area contributed by atoms with Crippen molar-refractivity contribution in [1.82, 2.24) is 4.90 Å². The highest BCUT2D eigenvalue weighted by molar-refractivity contribution is 4.93. The lowest BCUT2D eigenvalue weighted by molar-refractivity contribution is -0.0222. The molecular formula is C11H21N. The van der Waals surface area contributed by atoms with Crippen molar-refractivity contribution in [3.8, 4) is 0 Å². The van der Waals surface area contributed by atoms with Gasteiger partial charge in [-0.1, -0.05) is 20.3 Å². The van der Waals surface area contributed by atoms with Crippen LogP contribution in [0.3, 0.4) is 0 Å². The molecule has 1 heterocycles. The predicted octanol–water partition coefficient (Wildman–Crippen LogP) is 2.52. The van der Waals surface area contributed by atoms with Gasteiger partial charge in [-0.25, -0.2) is 0 Å². The second-order valence-electron chi connectivity index (χ2n) is 5.31. The van der Waals surface area contributed by atoms with E-state index in [9.17, 15) is 0 Å². The van der Waals surface area contributed by atoms with Gasteiger partial charge in [0, 0.05) is 19.1 Å². The molecule has 70 valence electrons. The van der Waals surface area contributed by atoms with Gasteiger partial charge in [0.2, 0.25) is 0 Å². The molecule has 2 unspecified atom stereocenters. The zero-order valence-electron chi connectivity index (χ0n) is 8.64. The number of likely N-dealkylation sites (tertiary alicyclic amines) is 1. The Morgan fingerprint density at radius 2 is 2.00 bits per heavy atom. The second-order valence-corrected chi connectivity index (χ2v) is 5.31. The molecule has 1 aliphatic heterocycles. The predicted molar refractivity (Wildman–Crippen MR) is 52.2 cm³/mol. The van der Waals surface area contributed by atoms with Gasteiger partial charge in [-0.05, 0) is 31.1 Å². The minimum absolute atomic E-state index is 0.689. The molecule has 0 N–H and O–H groups in total. The van der Waals surface area contributed by atoms with E-state index in [0.717, 1.165) is 12.0 Å². The lowest BCUT2D eigenvalue weighted by Gasteiger charge is -2.51. The van der Waals surface area contributed by atoms with Gasteiger partial charge in [0.15, 0.2) is 0 Å². The molecule has 0 aromatic carbocycles. The lowest BCUT2D eigenvalue weighted by Crippen LogP contribution is -2.57. The normalized spacial score (nSPS) is 40.2. The first-order valence-electron chi connectivity index (χ1n) is 5.35. The number of nitrogens with zero attached hydrogens (tertiary/aromatic N) is 1. The first kappa shape index (κ1) is 8.55. The third kappa shape index (κ3) is 1.28. The molecule has 1 saturated carbocycles. The van der Waals surface area contributed by atoms with Crippen LogP contribution in [0.5, 0.6) is 0 Å². The minimum atomic E-state index is 0.689. The fraction of sp³-hybridized carbons (Fsp3) is 1.00. The maximum absolute atomic E-state index is 2.66. The van der Waals surface area contributed by atoms with Gasteiger partial charge in [0.05, 0.1) is 0 Å². The smallest absolute Gasteiger partial charge is 0.0105 e. The summed E-state index contributed by atoms with van der Waals surface area (Å²) >= 11 is 0. The van der Waals surface area contributed by atoms with E-state index in [2.05, 4.69) is 25.7 Å². The Bertz CT molecular complexity index is 172. The Kier molecular flexibility index (Phi) is 1.95. The molecule has 2 rings (SSSR count).